The van der Waals surface area contributed by atoms with Gasteiger partial charge in [0.2, 0.25) is 5.69 Å². The summed E-state index contributed by atoms with van der Waals surface area (Å²) in [5, 5.41) is 18.0. The summed E-state index contributed by atoms with van der Waals surface area (Å²) in [4.78, 5) is 4.01. The highest BCUT2D eigenvalue weighted by Gasteiger charge is 2.41. The number of nitrogens with zero attached hydrogens (tertiary/aromatic N) is 3. The van der Waals surface area contributed by atoms with E-state index < -0.39 is 8.07 Å². The van der Waals surface area contributed by atoms with Crippen LogP contribution in [0.2, 0.25) is 0 Å². The summed E-state index contributed by atoms with van der Waals surface area (Å²) in [5.41, 5.74) is 5.60. The molecule has 0 saturated carbocycles. The molecule has 0 aliphatic rings. The van der Waals surface area contributed by atoms with E-state index in [-0.39, 0.29) is 0 Å². The molecule has 0 bridgehead atoms. The van der Waals surface area contributed by atoms with Gasteiger partial charge in [-0.3, -0.25) is 0 Å². The van der Waals surface area contributed by atoms with E-state index in [4.69, 9.17) is 6.57 Å². The summed E-state index contributed by atoms with van der Waals surface area (Å²) in [5.74, 6) is 0. The second kappa shape index (κ2) is 12.0. The fourth-order valence-corrected chi connectivity index (χ4v) is 12.2. The standard InChI is InChI=1S/C44H29N3Si/c1-46-41-25-15-24-40(44(41)47-42-26-13-11-22-38(42)39-23-12-14-27-43(39)47)37-29-28-36(30-32(37)31-45)48(33-16-5-2-6-17-33,34-18-7-3-8-19-34)35-20-9-4-10-21-35/h2-30H. The second-order valence-electron chi connectivity index (χ2n) is 11.9. The Kier molecular flexibility index (Phi) is 7.27. The fraction of sp³-hybridized carbons (Fsp3) is 0. The third-order valence-corrected chi connectivity index (χ3v) is 14.2. The molecule has 0 fully saturated rings. The molecule has 0 atom stereocenters. The van der Waals surface area contributed by atoms with Crippen LogP contribution in [0.1, 0.15) is 5.56 Å². The Balaban J connectivity index is 1.43. The first kappa shape index (κ1) is 29.0. The topological polar surface area (TPSA) is 33.1 Å². The van der Waals surface area contributed by atoms with Gasteiger partial charge in [0.25, 0.3) is 0 Å². The third kappa shape index (κ3) is 4.48. The van der Waals surface area contributed by atoms with Crippen molar-refractivity contribution in [3.05, 3.63) is 193 Å². The monoisotopic (exact) mass is 627 g/mol. The normalized spacial score (nSPS) is 11.3. The largest absolute Gasteiger partial charge is 0.318 e. The first-order valence-electron chi connectivity index (χ1n) is 16.0. The lowest BCUT2D eigenvalue weighted by molar-refractivity contribution is 1.19. The van der Waals surface area contributed by atoms with Crippen LogP contribution in [0.4, 0.5) is 5.69 Å². The zero-order chi connectivity index (χ0) is 32.5. The lowest BCUT2D eigenvalue weighted by Crippen LogP contribution is -2.74. The molecule has 4 heteroatoms. The van der Waals surface area contributed by atoms with E-state index in [0.29, 0.717) is 11.3 Å². The molecule has 0 aliphatic carbocycles. The molecule has 3 nitrogen and oxygen atoms in total. The van der Waals surface area contributed by atoms with Crippen molar-refractivity contribution in [1.29, 1.82) is 5.26 Å². The molecule has 224 valence electrons. The quantitative estimate of drug-likeness (QED) is 0.104. The van der Waals surface area contributed by atoms with E-state index >= 15 is 0 Å². The second-order valence-corrected chi connectivity index (χ2v) is 15.7. The molecule has 0 N–H and O–H groups in total. The van der Waals surface area contributed by atoms with Crippen LogP contribution in [-0.2, 0) is 0 Å². The molecule has 0 radical (unpaired) electrons. The fourth-order valence-electron chi connectivity index (χ4n) is 7.41. The van der Waals surface area contributed by atoms with Crippen LogP contribution in [0.3, 0.4) is 0 Å². The Morgan fingerprint density at radius 2 is 1.00 bits per heavy atom. The van der Waals surface area contributed by atoms with Crippen LogP contribution >= 0.6 is 0 Å². The zero-order valence-corrected chi connectivity index (χ0v) is 27.1. The molecule has 7 aromatic carbocycles. The van der Waals surface area contributed by atoms with Crippen molar-refractivity contribution in [3.63, 3.8) is 0 Å². The van der Waals surface area contributed by atoms with E-state index in [9.17, 15) is 5.26 Å². The van der Waals surface area contributed by atoms with Crippen molar-refractivity contribution < 1.29 is 0 Å². The van der Waals surface area contributed by atoms with E-state index in [0.717, 1.165) is 43.8 Å². The molecule has 8 aromatic rings. The van der Waals surface area contributed by atoms with Crippen molar-refractivity contribution in [1.82, 2.24) is 4.57 Å². The van der Waals surface area contributed by atoms with Crippen molar-refractivity contribution in [2.24, 2.45) is 0 Å². The van der Waals surface area contributed by atoms with Crippen LogP contribution in [-0.4, -0.2) is 12.6 Å². The molecular weight excluding hydrogens is 599 g/mol. The molecule has 1 heterocycles. The van der Waals surface area contributed by atoms with E-state index in [1.165, 1.54) is 15.6 Å². The Morgan fingerprint density at radius 3 is 1.50 bits per heavy atom. The molecule has 0 unspecified atom stereocenters. The highest BCUT2D eigenvalue weighted by Crippen LogP contribution is 2.41. The number of hydrogen-bond donors (Lipinski definition) is 0. The maximum atomic E-state index is 10.9. The van der Waals surface area contributed by atoms with Crippen LogP contribution in [0.15, 0.2) is 176 Å². The molecular formula is C44H29N3Si. The minimum atomic E-state index is -2.83. The Morgan fingerprint density at radius 1 is 0.500 bits per heavy atom. The first-order valence-corrected chi connectivity index (χ1v) is 18.0. The molecule has 1 aromatic heterocycles. The van der Waals surface area contributed by atoms with Crippen LogP contribution in [0, 0.1) is 17.9 Å². The van der Waals surface area contributed by atoms with Gasteiger partial charge in [-0.25, -0.2) is 4.85 Å². The van der Waals surface area contributed by atoms with Gasteiger partial charge >= 0.3 is 0 Å². The van der Waals surface area contributed by atoms with Crippen molar-refractivity contribution in [2.45, 2.75) is 0 Å². The lowest BCUT2D eigenvalue weighted by Gasteiger charge is -2.34. The van der Waals surface area contributed by atoms with E-state index in [2.05, 4.69) is 161 Å². The summed E-state index contributed by atoms with van der Waals surface area (Å²) in [6, 6.07) is 63.7. The van der Waals surface area contributed by atoms with Gasteiger partial charge in [-0.1, -0.05) is 158 Å². The number of aromatic nitrogens is 1. The summed E-state index contributed by atoms with van der Waals surface area (Å²) < 4.78 is 2.19. The Hall–Kier alpha value is -6.46. The van der Waals surface area contributed by atoms with Crippen LogP contribution < -0.4 is 20.7 Å². The smallest absolute Gasteiger partial charge is 0.211 e. The molecule has 0 amide bonds. The third-order valence-electron chi connectivity index (χ3n) is 9.42. The minimum Gasteiger partial charge on any atom is -0.318 e. The van der Waals surface area contributed by atoms with Gasteiger partial charge in [-0.15, -0.1) is 0 Å². The molecule has 8 rings (SSSR count). The van der Waals surface area contributed by atoms with Crippen molar-refractivity contribution in [2.75, 3.05) is 0 Å². The van der Waals surface area contributed by atoms with Gasteiger partial charge in [0.1, 0.15) is 0 Å². The van der Waals surface area contributed by atoms with Crippen molar-refractivity contribution >= 4 is 56.3 Å². The summed E-state index contributed by atoms with van der Waals surface area (Å²) in [6.45, 7) is 8.21. The number of benzene rings is 7. The van der Waals surface area contributed by atoms with Crippen LogP contribution in [0.25, 0.3) is 43.5 Å². The zero-order valence-electron chi connectivity index (χ0n) is 26.1. The molecule has 0 saturated heterocycles. The summed E-state index contributed by atoms with van der Waals surface area (Å²) in [6.07, 6.45) is 0. The summed E-state index contributed by atoms with van der Waals surface area (Å²) in [7, 11) is -2.83. The van der Waals surface area contributed by atoms with Gasteiger partial charge in [-0.05, 0) is 44.5 Å². The van der Waals surface area contributed by atoms with Gasteiger partial charge in [0.05, 0.1) is 34.9 Å². The predicted octanol–water partition coefficient (Wildman–Crippen LogP) is 8.25. The van der Waals surface area contributed by atoms with E-state index in [1.54, 1.807) is 0 Å². The molecule has 0 spiro atoms. The highest BCUT2D eigenvalue weighted by atomic mass is 28.3. The number of para-hydroxylation sites is 3. The average molecular weight is 628 g/mol. The first-order chi connectivity index (χ1) is 23.8. The lowest BCUT2D eigenvalue weighted by atomic mass is 9.97. The maximum Gasteiger partial charge on any atom is 0.211 e. The van der Waals surface area contributed by atoms with Crippen molar-refractivity contribution in [3.8, 4) is 22.9 Å². The van der Waals surface area contributed by atoms with E-state index in [1.807, 2.05) is 30.3 Å². The number of hydrogen-bond acceptors (Lipinski definition) is 1. The summed E-state index contributed by atoms with van der Waals surface area (Å²) >= 11 is 0. The Labute approximate surface area is 281 Å². The number of fused-ring (bicyclic) bond motifs is 3. The SMILES string of the molecule is [C-]#[N+]c1cccc(-c2ccc([Si](c3ccccc3)(c3ccccc3)c3ccccc3)cc2C#N)c1-n1c2ccccc2c2ccccc21. The van der Waals surface area contributed by atoms with Gasteiger partial charge in [0, 0.05) is 16.3 Å². The minimum absolute atomic E-state index is 0.536. The number of rotatable bonds is 6. The molecule has 48 heavy (non-hydrogen) atoms. The van der Waals surface area contributed by atoms with Gasteiger partial charge in [0.15, 0.2) is 8.07 Å². The average Bonchev–Trinajstić information content (AvgIpc) is 3.50. The van der Waals surface area contributed by atoms with Gasteiger partial charge < -0.3 is 4.57 Å². The predicted molar refractivity (Wildman–Crippen MR) is 201 cm³/mol. The van der Waals surface area contributed by atoms with Crippen LogP contribution in [0.5, 0.6) is 0 Å². The molecule has 0 aliphatic heterocycles. The number of nitriles is 1. The maximum absolute atomic E-state index is 10.9. The Bertz CT molecular complexity index is 2370. The van der Waals surface area contributed by atoms with Gasteiger partial charge in [-0.2, -0.15) is 5.26 Å². The highest BCUT2D eigenvalue weighted by molar-refractivity contribution is 7.19.